The van der Waals surface area contributed by atoms with Crippen LogP contribution in [-0.2, 0) is 11.3 Å². The lowest BCUT2D eigenvalue weighted by Crippen LogP contribution is -2.40. The van der Waals surface area contributed by atoms with Gasteiger partial charge < -0.3 is 10.1 Å². The monoisotopic (exact) mass is 328 g/mol. The molecule has 0 unspecified atom stereocenters. The first-order valence-electron chi connectivity index (χ1n) is 7.49. The van der Waals surface area contributed by atoms with Crippen molar-refractivity contribution in [3.05, 3.63) is 28.5 Å². The third-order valence-corrected chi connectivity index (χ3v) is 4.35. The Morgan fingerprint density at radius 2 is 2.32 bits per heavy atom. The summed E-state index contributed by atoms with van der Waals surface area (Å²) in [6, 6.07) is 3.20. The Kier molecular flexibility index (Phi) is 6.03. The molecule has 0 radical (unpaired) electrons. The van der Waals surface area contributed by atoms with E-state index in [0.717, 1.165) is 25.9 Å². The van der Waals surface area contributed by atoms with Gasteiger partial charge in [0.25, 0.3) is 0 Å². The van der Waals surface area contributed by atoms with Crippen molar-refractivity contribution in [2.45, 2.75) is 26.3 Å². The van der Waals surface area contributed by atoms with E-state index in [1.165, 1.54) is 20.1 Å². The van der Waals surface area contributed by atoms with Crippen LogP contribution in [0.4, 0.5) is 4.39 Å². The first-order valence-corrected chi connectivity index (χ1v) is 7.86. The van der Waals surface area contributed by atoms with Crippen LogP contribution in [0.1, 0.15) is 25.3 Å². The van der Waals surface area contributed by atoms with Gasteiger partial charge in [0.1, 0.15) is 0 Å². The molecule has 0 saturated carbocycles. The molecular formula is C16H22ClFN2O2. The van der Waals surface area contributed by atoms with Gasteiger partial charge in [0.15, 0.2) is 11.6 Å². The number of hydrogen-bond acceptors (Lipinski definition) is 3. The number of amides is 1. The van der Waals surface area contributed by atoms with Crippen LogP contribution in [0, 0.1) is 11.7 Å². The van der Waals surface area contributed by atoms with Gasteiger partial charge in [0.05, 0.1) is 7.11 Å². The number of ether oxygens (including phenoxy) is 1. The molecule has 2 rings (SSSR count). The molecule has 0 aliphatic carbocycles. The minimum Gasteiger partial charge on any atom is -0.494 e. The molecule has 1 fully saturated rings. The molecule has 1 aromatic rings. The average molecular weight is 329 g/mol. The van der Waals surface area contributed by atoms with Gasteiger partial charge in [-0.3, -0.25) is 9.69 Å². The van der Waals surface area contributed by atoms with Crippen molar-refractivity contribution in [3.8, 4) is 5.75 Å². The van der Waals surface area contributed by atoms with Gasteiger partial charge in [-0.25, -0.2) is 4.39 Å². The van der Waals surface area contributed by atoms with E-state index in [2.05, 4.69) is 10.2 Å². The number of nitrogens with one attached hydrogen (secondary N) is 1. The Morgan fingerprint density at radius 3 is 3.00 bits per heavy atom. The highest BCUT2D eigenvalue weighted by atomic mass is 35.5. The summed E-state index contributed by atoms with van der Waals surface area (Å²) in [5, 5.41) is 3.27. The third-order valence-electron chi connectivity index (χ3n) is 4.00. The van der Waals surface area contributed by atoms with Gasteiger partial charge in [-0.1, -0.05) is 11.6 Å². The number of rotatable bonds is 5. The summed E-state index contributed by atoms with van der Waals surface area (Å²) >= 11 is 6.14. The van der Waals surface area contributed by atoms with Gasteiger partial charge in [-0.2, -0.15) is 0 Å². The van der Waals surface area contributed by atoms with Gasteiger partial charge in [0, 0.05) is 37.1 Å². The van der Waals surface area contributed by atoms with Crippen molar-refractivity contribution in [2.75, 3.05) is 26.7 Å². The normalized spacial score (nSPS) is 19.0. The Bertz CT molecular complexity index is 539. The number of halogens is 2. The lowest BCUT2D eigenvalue weighted by atomic mass is 9.97. The van der Waals surface area contributed by atoms with Crippen LogP contribution in [0.3, 0.4) is 0 Å². The zero-order valence-corrected chi connectivity index (χ0v) is 13.8. The summed E-state index contributed by atoms with van der Waals surface area (Å²) < 4.78 is 19.4. The minimum atomic E-state index is -0.390. The Balaban J connectivity index is 2.02. The molecule has 6 heteroatoms. The molecule has 22 heavy (non-hydrogen) atoms. The van der Waals surface area contributed by atoms with Crippen LogP contribution < -0.4 is 10.1 Å². The van der Waals surface area contributed by atoms with Crippen LogP contribution >= 0.6 is 11.6 Å². The fourth-order valence-corrected chi connectivity index (χ4v) is 3.06. The highest BCUT2D eigenvalue weighted by molar-refractivity contribution is 6.31. The summed E-state index contributed by atoms with van der Waals surface area (Å²) in [6.07, 6.45) is 2.11. The molecule has 1 saturated heterocycles. The van der Waals surface area contributed by atoms with E-state index in [4.69, 9.17) is 16.3 Å². The van der Waals surface area contributed by atoms with Gasteiger partial charge in [0.2, 0.25) is 5.91 Å². The van der Waals surface area contributed by atoms with E-state index >= 15 is 0 Å². The third kappa shape index (κ3) is 4.34. The topological polar surface area (TPSA) is 41.6 Å². The number of benzene rings is 1. The molecule has 1 aromatic carbocycles. The predicted molar refractivity (Wildman–Crippen MR) is 84.6 cm³/mol. The highest BCUT2D eigenvalue weighted by Crippen LogP contribution is 2.29. The van der Waals surface area contributed by atoms with Crippen LogP contribution in [-0.4, -0.2) is 37.6 Å². The minimum absolute atomic E-state index is 0.0148. The van der Waals surface area contributed by atoms with E-state index < -0.39 is 0 Å². The van der Waals surface area contributed by atoms with E-state index in [0.29, 0.717) is 29.6 Å². The number of carbonyl (C=O) groups is 1. The quantitative estimate of drug-likeness (QED) is 0.903. The summed E-state index contributed by atoms with van der Waals surface area (Å²) in [5.41, 5.74) is 0.473. The molecule has 0 aromatic heterocycles. The predicted octanol–water partition coefficient (Wildman–Crippen LogP) is 2.84. The summed E-state index contributed by atoms with van der Waals surface area (Å²) in [4.78, 5) is 13.2. The number of nitrogens with zero attached hydrogens (tertiary/aromatic N) is 1. The molecule has 0 bridgehead atoms. The van der Waals surface area contributed by atoms with E-state index in [-0.39, 0.29) is 17.5 Å². The highest BCUT2D eigenvalue weighted by Gasteiger charge is 2.23. The molecule has 0 spiro atoms. The Hall–Kier alpha value is -1.33. The largest absolute Gasteiger partial charge is 0.494 e. The van der Waals surface area contributed by atoms with Crippen LogP contribution in [0.25, 0.3) is 0 Å². The number of hydrogen-bond donors (Lipinski definition) is 1. The second kappa shape index (κ2) is 7.79. The fraction of sp³-hybridized carbons (Fsp3) is 0.562. The van der Waals surface area contributed by atoms with E-state index in [1.807, 2.05) is 0 Å². The van der Waals surface area contributed by atoms with Gasteiger partial charge in [-0.05, 0) is 37.4 Å². The molecule has 1 N–H and O–H groups in total. The van der Waals surface area contributed by atoms with Crippen molar-refractivity contribution in [2.24, 2.45) is 5.92 Å². The van der Waals surface area contributed by atoms with Gasteiger partial charge >= 0.3 is 0 Å². The van der Waals surface area contributed by atoms with Crippen molar-refractivity contribution in [3.63, 3.8) is 0 Å². The average Bonchev–Trinajstić information content (AvgIpc) is 2.50. The zero-order chi connectivity index (χ0) is 16.1. The number of carbonyl (C=O) groups excluding carboxylic acids is 1. The van der Waals surface area contributed by atoms with E-state index in [9.17, 15) is 9.18 Å². The fourth-order valence-electron chi connectivity index (χ4n) is 2.85. The first-order chi connectivity index (χ1) is 10.5. The molecule has 1 aliphatic heterocycles. The second-order valence-corrected chi connectivity index (χ2v) is 6.13. The Morgan fingerprint density at radius 1 is 1.55 bits per heavy atom. The van der Waals surface area contributed by atoms with Crippen molar-refractivity contribution in [1.82, 2.24) is 10.2 Å². The van der Waals surface area contributed by atoms with Crippen molar-refractivity contribution >= 4 is 17.5 Å². The zero-order valence-electron chi connectivity index (χ0n) is 13.0. The second-order valence-electron chi connectivity index (χ2n) is 5.72. The van der Waals surface area contributed by atoms with Crippen LogP contribution in [0.5, 0.6) is 5.75 Å². The number of piperidine rings is 1. The SMILES string of the molecule is COc1ccc(Cl)c(CN2CCC[C@H](CNC(C)=O)C2)c1F. The Labute approximate surface area is 135 Å². The van der Waals surface area contributed by atoms with E-state index in [1.54, 1.807) is 6.07 Å². The summed E-state index contributed by atoms with van der Waals surface area (Å²) in [6.45, 7) is 4.38. The molecule has 1 aliphatic rings. The molecular weight excluding hydrogens is 307 g/mol. The maximum absolute atomic E-state index is 14.3. The molecule has 1 heterocycles. The number of methoxy groups -OCH3 is 1. The lowest BCUT2D eigenvalue weighted by molar-refractivity contribution is -0.119. The molecule has 1 atom stereocenters. The molecule has 4 nitrogen and oxygen atoms in total. The van der Waals surface area contributed by atoms with Gasteiger partial charge in [-0.15, -0.1) is 0 Å². The summed E-state index contributed by atoms with van der Waals surface area (Å²) in [5.74, 6) is 0.203. The molecule has 1 amide bonds. The standard InChI is InChI=1S/C16H22ClFN2O2/c1-11(21)19-8-12-4-3-7-20(9-12)10-13-14(17)5-6-15(22-2)16(13)18/h5-6,12H,3-4,7-10H2,1-2H3,(H,19,21)/t12-/m1/s1. The molecule has 122 valence electrons. The number of likely N-dealkylation sites (tertiary alicyclic amines) is 1. The first kappa shape index (κ1) is 17.0. The van der Waals surface area contributed by atoms with Crippen LogP contribution in [0.2, 0.25) is 5.02 Å². The summed E-state index contributed by atoms with van der Waals surface area (Å²) in [7, 11) is 1.44. The van der Waals surface area contributed by atoms with Crippen molar-refractivity contribution in [1.29, 1.82) is 0 Å². The maximum atomic E-state index is 14.3. The maximum Gasteiger partial charge on any atom is 0.216 e. The van der Waals surface area contributed by atoms with Crippen LogP contribution in [0.15, 0.2) is 12.1 Å². The lowest BCUT2D eigenvalue weighted by Gasteiger charge is -2.33. The van der Waals surface area contributed by atoms with Crippen molar-refractivity contribution < 1.29 is 13.9 Å². The smallest absolute Gasteiger partial charge is 0.216 e.